The van der Waals surface area contributed by atoms with Crippen molar-refractivity contribution in [3.05, 3.63) is 36.4 Å². The summed E-state index contributed by atoms with van der Waals surface area (Å²) >= 11 is 0. The molecular formula is C24H32N8O. The first-order valence-corrected chi connectivity index (χ1v) is 11.6. The van der Waals surface area contributed by atoms with Crippen molar-refractivity contribution >= 4 is 11.3 Å². The average Bonchev–Trinajstić information content (AvgIpc) is 3.50. The molecular weight excluding hydrogens is 416 g/mol. The zero-order valence-electron chi connectivity index (χ0n) is 20.0. The van der Waals surface area contributed by atoms with Crippen LogP contribution < -0.4 is 5.32 Å². The molecule has 0 aromatic carbocycles. The molecule has 0 amide bonds. The summed E-state index contributed by atoms with van der Waals surface area (Å²) in [5.41, 5.74) is 4.09. The lowest BCUT2D eigenvalue weighted by Gasteiger charge is -2.36. The molecule has 5 rings (SSSR count). The van der Waals surface area contributed by atoms with Gasteiger partial charge in [0, 0.05) is 63.7 Å². The Kier molecular flexibility index (Phi) is 5.65. The summed E-state index contributed by atoms with van der Waals surface area (Å²) in [6.07, 6.45) is 10.2. The number of aromatic nitrogens is 7. The van der Waals surface area contributed by atoms with Gasteiger partial charge in [0.15, 0.2) is 11.6 Å². The van der Waals surface area contributed by atoms with Gasteiger partial charge in [-0.25, -0.2) is 14.5 Å². The molecule has 1 fully saturated rings. The number of aryl methyl sites for hydroxylation is 2. The van der Waals surface area contributed by atoms with Gasteiger partial charge in [-0.1, -0.05) is 0 Å². The number of imidazole rings is 1. The van der Waals surface area contributed by atoms with Crippen LogP contribution in [0.3, 0.4) is 0 Å². The third-order valence-corrected chi connectivity index (χ3v) is 6.81. The highest BCUT2D eigenvalue weighted by atomic mass is 16.5. The maximum atomic E-state index is 5.39. The quantitative estimate of drug-likeness (QED) is 0.439. The smallest absolute Gasteiger partial charge is 0.218 e. The third-order valence-electron chi connectivity index (χ3n) is 6.81. The Morgan fingerprint density at radius 1 is 1.18 bits per heavy atom. The first-order chi connectivity index (χ1) is 16.0. The Morgan fingerprint density at radius 2 is 2.00 bits per heavy atom. The highest BCUT2D eigenvalue weighted by molar-refractivity contribution is 5.82. The van der Waals surface area contributed by atoms with E-state index in [9.17, 15) is 0 Å². The molecule has 0 unspecified atom stereocenters. The van der Waals surface area contributed by atoms with Crippen LogP contribution in [0, 0.1) is 18.8 Å². The molecule has 4 aromatic rings. The third kappa shape index (κ3) is 3.90. The van der Waals surface area contributed by atoms with Gasteiger partial charge in [-0.15, -0.1) is 5.10 Å². The maximum Gasteiger partial charge on any atom is 0.218 e. The molecule has 0 spiro atoms. The summed E-state index contributed by atoms with van der Waals surface area (Å²) in [4.78, 5) is 9.39. The number of hydrogen-bond donors (Lipinski definition) is 1. The minimum atomic E-state index is 0.311. The van der Waals surface area contributed by atoms with Crippen LogP contribution in [-0.2, 0) is 11.8 Å². The number of nitrogens with one attached hydrogen (secondary N) is 1. The monoisotopic (exact) mass is 448 g/mol. The molecule has 174 valence electrons. The zero-order valence-corrected chi connectivity index (χ0v) is 20.0. The minimum absolute atomic E-state index is 0.311. The van der Waals surface area contributed by atoms with Crippen molar-refractivity contribution in [2.45, 2.75) is 39.7 Å². The van der Waals surface area contributed by atoms with E-state index in [0.29, 0.717) is 23.7 Å². The molecule has 1 saturated carbocycles. The maximum absolute atomic E-state index is 5.39. The lowest BCUT2D eigenvalue weighted by atomic mass is 9.74. The van der Waals surface area contributed by atoms with Crippen LogP contribution in [0.25, 0.3) is 28.4 Å². The van der Waals surface area contributed by atoms with E-state index in [4.69, 9.17) is 19.9 Å². The lowest BCUT2D eigenvalue weighted by molar-refractivity contribution is 0.0658. The summed E-state index contributed by atoms with van der Waals surface area (Å²) in [6.45, 7) is 8.05. The van der Waals surface area contributed by atoms with E-state index in [1.54, 1.807) is 13.3 Å². The second kappa shape index (κ2) is 8.62. The van der Waals surface area contributed by atoms with Crippen molar-refractivity contribution < 1.29 is 4.74 Å². The molecule has 0 aliphatic heterocycles. The van der Waals surface area contributed by atoms with Gasteiger partial charge in [-0.05, 0) is 57.1 Å². The molecule has 4 aromatic heterocycles. The fourth-order valence-electron chi connectivity index (χ4n) is 4.63. The molecule has 0 bridgehead atoms. The second-order valence-electron chi connectivity index (χ2n) is 9.32. The van der Waals surface area contributed by atoms with Crippen LogP contribution >= 0.6 is 0 Å². The second-order valence-corrected chi connectivity index (χ2v) is 9.32. The van der Waals surface area contributed by atoms with Gasteiger partial charge in [-0.2, -0.15) is 5.10 Å². The SMILES string of the molecule is COC[C@@H]1CC[C@@H]1CNc1nc(-c2nccn2C)nn2cc(-c3ccn(C(C)C)n3)c(C)c12. The van der Waals surface area contributed by atoms with Crippen molar-refractivity contribution in [1.29, 1.82) is 0 Å². The van der Waals surface area contributed by atoms with E-state index in [1.165, 1.54) is 12.8 Å². The van der Waals surface area contributed by atoms with Crippen LogP contribution in [0.2, 0.25) is 0 Å². The Balaban J connectivity index is 1.56. The summed E-state index contributed by atoms with van der Waals surface area (Å²) < 4.78 is 11.2. The van der Waals surface area contributed by atoms with Crippen LogP contribution in [0.5, 0.6) is 0 Å². The normalized spacial score (nSPS) is 18.2. The predicted molar refractivity (Wildman–Crippen MR) is 128 cm³/mol. The number of ether oxygens (including phenoxy) is 1. The number of nitrogens with zero attached hydrogens (tertiary/aromatic N) is 7. The van der Waals surface area contributed by atoms with Crippen molar-refractivity contribution in [3.8, 4) is 22.9 Å². The van der Waals surface area contributed by atoms with Gasteiger partial charge in [0.2, 0.25) is 5.82 Å². The fraction of sp³-hybridized carbons (Fsp3) is 0.500. The first kappa shape index (κ1) is 21.6. The largest absolute Gasteiger partial charge is 0.384 e. The number of rotatable bonds is 8. The Hall–Kier alpha value is -3.20. The van der Waals surface area contributed by atoms with Gasteiger partial charge in [0.25, 0.3) is 0 Å². The molecule has 9 nitrogen and oxygen atoms in total. The fourth-order valence-corrected chi connectivity index (χ4v) is 4.63. The Bertz CT molecular complexity index is 1270. The molecule has 0 radical (unpaired) electrons. The summed E-state index contributed by atoms with van der Waals surface area (Å²) in [5, 5.41) is 13.2. The molecule has 1 aliphatic rings. The van der Waals surface area contributed by atoms with Crippen LogP contribution in [0.1, 0.15) is 38.3 Å². The topological polar surface area (TPSA) is 87.1 Å². The van der Waals surface area contributed by atoms with Crippen LogP contribution in [0.15, 0.2) is 30.9 Å². The lowest BCUT2D eigenvalue weighted by Crippen LogP contribution is -2.35. The number of hydrogen-bond acceptors (Lipinski definition) is 6. The van der Waals surface area contributed by atoms with E-state index in [0.717, 1.165) is 47.1 Å². The van der Waals surface area contributed by atoms with E-state index in [-0.39, 0.29) is 0 Å². The van der Waals surface area contributed by atoms with E-state index in [2.05, 4.69) is 37.1 Å². The zero-order chi connectivity index (χ0) is 23.1. The predicted octanol–water partition coefficient (Wildman–Crippen LogP) is 3.97. The number of methoxy groups -OCH3 is 1. The van der Waals surface area contributed by atoms with Gasteiger partial charge in [0.05, 0.1) is 5.69 Å². The van der Waals surface area contributed by atoms with Crippen molar-refractivity contribution in [2.24, 2.45) is 18.9 Å². The Morgan fingerprint density at radius 3 is 2.64 bits per heavy atom. The van der Waals surface area contributed by atoms with Crippen molar-refractivity contribution in [3.63, 3.8) is 0 Å². The highest BCUT2D eigenvalue weighted by Gasteiger charge is 2.31. The summed E-state index contributed by atoms with van der Waals surface area (Å²) in [7, 11) is 3.74. The highest BCUT2D eigenvalue weighted by Crippen LogP contribution is 2.36. The summed E-state index contributed by atoms with van der Waals surface area (Å²) in [5.74, 6) is 3.36. The van der Waals surface area contributed by atoms with Crippen LogP contribution in [-0.4, -0.2) is 54.2 Å². The Labute approximate surface area is 193 Å². The van der Waals surface area contributed by atoms with Gasteiger partial charge < -0.3 is 14.6 Å². The molecule has 1 aliphatic carbocycles. The van der Waals surface area contributed by atoms with E-state index in [1.807, 2.05) is 39.4 Å². The van der Waals surface area contributed by atoms with E-state index >= 15 is 0 Å². The van der Waals surface area contributed by atoms with Crippen LogP contribution in [0.4, 0.5) is 5.82 Å². The minimum Gasteiger partial charge on any atom is -0.384 e. The average molecular weight is 449 g/mol. The molecule has 0 saturated heterocycles. The molecule has 2 atom stereocenters. The van der Waals surface area contributed by atoms with Crippen molar-refractivity contribution in [2.75, 3.05) is 25.6 Å². The van der Waals surface area contributed by atoms with Crippen molar-refractivity contribution in [1.82, 2.24) is 33.9 Å². The van der Waals surface area contributed by atoms with E-state index < -0.39 is 0 Å². The molecule has 9 heteroatoms. The van der Waals surface area contributed by atoms with Gasteiger partial charge >= 0.3 is 0 Å². The summed E-state index contributed by atoms with van der Waals surface area (Å²) in [6, 6.07) is 2.37. The molecule has 1 N–H and O–H groups in total. The number of fused-ring (bicyclic) bond motifs is 1. The van der Waals surface area contributed by atoms with Gasteiger partial charge in [-0.3, -0.25) is 4.68 Å². The standard InChI is InChI=1S/C24H32N8O/c1-15(2)31-10-8-20(28-31)19-13-32-21(16(19)3)22(26-12-17-6-7-18(17)14-33-5)27-23(29-32)24-25-9-11-30(24)4/h8-11,13,15,17-18H,6-7,12,14H2,1-5H3,(H,26,27,29)/t17-,18+/m1/s1. The van der Waals surface area contributed by atoms with Gasteiger partial charge in [0.1, 0.15) is 5.52 Å². The molecule has 4 heterocycles. The first-order valence-electron chi connectivity index (χ1n) is 11.6. The molecule has 33 heavy (non-hydrogen) atoms. The number of anilines is 1.